The summed E-state index contributed by atoms with van der Waals surface area (Å²) < 4.78 is 38.2. The molecule has 0 radical (unpaired) electrons. The van der Waals surface area contributed by atoms with Crippen LogP contribution in [0.25, 0.3) is 6.08 Å². The average Bonchev–Trinajstić information content (AvgIpc) is 2.64. The smallest absolute Gasteiger partial charge is 0.262 e. The Bertz CT molecular complexity index is 913. The van der Waals surface area contributed by atoms with Gasteiger partial charge in [0.05, 0.1) is 18.5 Å². The second-order valence-corrected chi connectivity index (χ2v) is 5.74. The first-order valence-corrected chi connectivity index (χ1v) is 8.34. The van der Waals surface area contributed by atoms with Gasteiger partial charge in [-0.2, -0.15) is 0 Å². The Morgan fingerprint density at radius 3 is 2.32 bits per heavy atom. The summed E-state index contributed by atoms with van der Waals surface area (Å²) >= 11 is 0. The normalized spacial score (nSPS) is 10.6. The van der Waals surface area contributed by atoms with Crippen molar-refractivity contribution in [1.29, 1.82) is 0 Å². The maximum Gasteiger partial charge on any atom is 0.262 e. The molecule has 2 N–H and O–H groups in total. The lowest BCUT2D eigenvalue weighted by molar-refractivity contribution is -0.118. The molecule has 6 nitrogen and oxygen atoms in total. The Morgan fingerprint density at radius 1 is 1.04 bits per heavy atom. The number of methoxy groups -OCH3 is 1. The zero-order valence-electron chi connectivity index (χ0n) is 15.6. The van der Waals surface area contributed by atoms with Crippen molar-refractivity contribution < 1.29 is 27.8 Å². The summed E-state index contributed by atoms with van der Waals surface area (Å²) in [5, 5.41) is 4.50. The van der Waals surface area contributed by atoms with Crippen molar-refractivity contribution in [3.63, 3.8) is 0 Å². The van der Waals surface area contributed by atoms with Gasteiger partial charge >= 0.3 is 0 Å². The Kier molecular flexibility index (Phi) is 7.08. The topological polar surface area (TPSA) is 76.7 Å². The number of hydrogen-bond acceptors (Lipinski definition) is 4. The van der Waals surface area contributed by atoms with Crippen LogP contribution < -0.4 is 20.1 Å². The van der Waals surface area contributed by atoms with Crippen LogP contribution in [0.3, 0.4) is 0 Å². The molecule has 2 amide bonds. The summed E-state index contributed by atoms with van der Waals surface area (Å²) in [5.41, 5.74) is 0.371. The highest BCUT2D eigenvalue weighted by molar-refractivity contribution is 5.94. The van der Waals surface area contributed by atoms with Crippen molar-refractivity contribution >= 4 is 29.3 Å². The summed E-state index contributed by atoms with van der Waals surface area (Å²) in [4.78, 5) is 23.2. The minimum absolute atomic E-state index is 0.244. The molecule has 0 atom stereocenters. The molecule has 0 unspecified atom stereocenters. The molecule has 28 heavy (non-hydrogen) atoms. The van der Waals surface area contributed by atoms with Crippen molar-refractivity contribution in [1.82, 2.24) is 0 Å². The van der Waals surface area contributed by atoms with Crippen LogP contribution in [-0.2, 0) is 9.59 Å². The molecule has 0 spiro atoms. The van der Waals surface area contributed by atoms with Crippen LogP contribution >= 0.6 is 0 Å². The minimum atomic E-state index is -0.978. The molecule has 2 aromatic carbocycles. The van der Waals surface area contributed by atoms with Crippen LogP contribution in [0.5, 0.6) is 11.5 Å². The fraction of sp³-hybridized carbons (Fsp3) is 0.200. The Labute approximate surface area is 161 Å². The summed E-state index contributed by atoms with van der Waals surface area (Å²) in [6.07, 6.45) is 3.75. The van der Waals surface area contributed by atoms with E-state index in [9.17, 15) is 18.4 Å². The van der Waals surface area contributed by atoms with E-state index in [2.05, 4.69) is 10.6 Å². The van der Waals surface area contributed by atoms with Gasteiger partial charge in [-0.15, -0.1) is 0 Å². The first kappa shape index (κ1) is 20.9. The van der Waals surface area contributed by atoms with Gasteiger partial charge in [0.2, 0.25) is 5.91 Å². The molecule has 0 aliphatic rings. The number of rotatable bonds is 7. The Hall–Kier alpha value is -3.42. The molecule has 8 heteroatoms. The fourth-order valence-electron chi connectivity index (χ4n) is 2.36. The molecule has 2 aromatic rings. The lowest BCUT2D eigenvalue weighted by Gasteiger charge is -2.13. The fourth-order valence-corrected chi connectivity index (χ4v) is 2.36. The largest absolute Gasteiger partial charge is 0.493 e. The first-order valence-electron chi connectivity index (χ1n) is 8.34. The van der Waals surface area contributed by atoms with Gasteiger partial charge in [0, 0.05) is 13.0 Å². The van der Waals surface area contributed by atoms with Gasteiger partial charge in [0.1, 0.15) is 11.6 Å². The molecule has 2 rings (SSSR count). The van der Waals surface area contributed by atoms with E-state index in [1.165, 1.54) is 14.0 Å². The summed E-state index contributed by atoms with van der Waals surface area (Å²) in [6.45, 7) is 2.64. The molecule has 0 fully saturated rings. The third kappa shape index (κ3) is 5.54. The minimum Gasteiger partial charge on any atom is -0.493 e. The lowest BCUT2D eigenvalue weighted by atomic mass is 10.2. The number of carbonyl (C=O) groups is 2. The summed E-state index contributed by atoms with van der Waals surface area (Å²) in [7, 11) is 1.47. The maximum atomic E-state index is 13.9. The maximum absolute atomic E-state index is 13.9. The highest BCUT2D eigenvalue weighted by atomic mass is 19.1. The van der Waals surface area contributed by atoms with E-state index in [1.807, 2.05) is 19.1 Å². The molecule has 148 valence electrons. The highest BCUT2D eigenvalue weighted by Crippen LogP contribution is 2.29. The van der Waals surface area contributed by atoms with E-state index in [0.29, 0.717) is 17.6 Å². The summed E-state index contributed by atoms with van der Waals surface area (Å²) in [6, 6.07) is 6.75. The standard InChI is InChI=1S/C20H20F2N2O4/c1-4-5-13-6-7-18(19(8-13)27-3)28-11-20(26)24-17-10-16(23-12(2)25)14(21)9-15(17)22/h4-10H,11H2,1-3H3,(H,23,25)(H,24,26)/b5-4+. The molecule has 0 aliphatic carbocycles. The number of amides is 2. The predicted molar refractivity (Wildman–Crippen MR) is 102 cm³/mol. The van der Waals surface area contributed by atoms with E-state index in [-0.39, 0.29) is 11.4 Å². The molecular formula is C20H20F2N2O4. The number of benzene rings is 2. The lowest BCUT2D eigenvalue weighted by Crippen LogP contribution is -2.21. The third-order valence-corrected chi connectivity index (χ3v) is 3.55. The van der Waals surface area contributed by atoms with Gasteiger partial charge in [-0.05, 0) is 30.7 Å². The van der Waals surface area contributed by atoms with Gasteiger partial charge in [-0.3, -0.25) is 9.59 Å². The van der Waals surface area contributed by atoms with Crippen LogP contribution in [0.4, 0.5) is 20.2 Å². The third-order valence-electron chi connectivity index (χ3n) is 3.55. The molecule has 0 bridgehead atoms. The summed E-state index contributed by atoms with van der Waals surface area (Å²) in [5.74, 6) is -2.35. The zero-order chi connectivity index (χ0) is 20.7. The van der Waals surface area contributed by atoms with E-state index in [1.54, 1.807) is 18.2 Å². The van der Waals surface area contributed by atoms with Crippen LogP contribution in [0.1, 0.15) is 19.4 Å². The molecule has 0 saturated carbocycles. The second-order valence-electron chi connectivity index (χ2n) is 5.74. The van der Waals surface area contributed by atoms with Crippen molar-refractivity contribution in [2.75, 3.05) is 24.4 Å². The Morgan fingerprint density at radius 2 is 1.71 bits per heavy atom. The SMILES string of the molecule is C/C=C/c1ccc(OCC(=O)Nc2cc(NC(C)=O)c(F)cc2F)c(OC)c1. The van der Waals surface area contributed by atoms with E-state index in [4.69, 9.17) is 9.47 Å². The van der Waals surface area contributed by atoms with Crippen molar-refractivity contribution in [3.05, 3.63) is 53.6 Å². The van der Waals surface area contributed by atoms with Crippen LogP contribution in [-0.4, -0.2) is 25.5 Å². The molecular weight excluding hydrogens is 370 g/mol. The van der Waals surface area contributed by atoms with Crippen LogP contribution in [0.2, 0.25) is 0 Å². The van der Waals surface area contributed by atoms with Gasteiger partial charge in [0.15, 0.2) is 18.1 Å². The van der Waals surface area contributed by atoms with Crippen molar-refractivity contribution in [3.8, 4) is 11.5 Å². The monoisotopic (exact) mass is 390 g/mol. The second kappa shape index (κ2) is 9.50. The van der Waals surface area contributed by atoms with Crippen molar-refractivity contribution in [2.24, 2.45) is 0 Å². The molecule has 0 aromatic heterocycles. The van der Waals surface area contributed by atoms with Gasteiger partial charge in [-0.1, -0.05) is 18.2 Å². The number of halogens is 2. The quantitative estimate of drug-likeness (QED) is 0.750. The molecule has 0 heterocycles. The van der Waals surface area contributed by atoms with Gasteiger partial charge in [0.25, 0.3) is 5.91 Å². The van der Waals surface area contributed by atoms with E-state index in [0.717, 1.165) is 11.6 Å². The number of hydrogen-bond donors (Lipinski definition) is 2. The van der Waals surface area contributed by atoms with Gasteiger partial charge < -0.3 is 20.1 Å². The predicted octanol–water partition coefficient (Wildman–Crippen LogP) is 3.98. The van der Waals surface area contributed by atoms with Crippen molar-refractivity contribution in [2.45, 2.75) is 13.8 Å². The number of carbonyl (C=O) groups excluding carboxylic acids is 2. The van der Waals surface area contributed by atoms with E-state index >= 15 is 0 Å². The number of nitrogens with one attached hydrogen (secondary N) is 2. The number of anilines is 2. The molecule has 0 saturated heterocycles. The molecule has 0 aliphatic heterocycles. The highest BCUT2D eigenvalue weighted by Gasteiger charge is 2.14. The number of ether oxygens (including phenoxy) is 2. The van der Waals surface area contributed by atoms with Crippen LogP contribution in [0, 0.1) is 11.6 Å². The average molecular weight is 390 g/mol. The van der Waals surface area contributed by atoms with Gasteiger partial charge in [-0.25, -0.2) is 8.78 Å². The first-order chi connectivity index (χ1) is 13.3. The van der Waals surface area contributed by atoms with E-state index < -0.39 is 30.1 Å². The zero-order valence-corrected chi connectivity index (χ0v) is 15.6. The Balaban J connectivity index is 2.08. The van der Waals surface area contributed by atoms with Crippen LogP contribution in [0.15, 0.2) is 36.4 Å². The number of allylic oxidation sites excluding steroid dienone is 1.